The SMILES string of the molecule is Cc1ccc(C(=O)N2CCC(c3nc4c(s3)CCN(C3CCC3)CC4)CC2)cn1. The molecule has 2 fully saturated rings. The van der Waals surface area contributed by atoms with E-state index in [4.69, 9.17) is 4.98 Å². The molecule has 4 heterocycles. The number of piperidine rings is 1. The fraction of sp³-hybridized carbons (Fsp3) is 0.609. The minimum absolute atomic E-state index is 0.113. The molecule has 0 bridgehead atoms. The predicted octanol–water partition coefficient (Wildman–Crippen LogP) is 3.82. The monoisotopic (exact) mass is 410 g/mol. The van der Waals surface area contributed by atoms with E-state index in [0.29, 0.717) is 11.5 Å². The van der Waals surface area contributed by atoms with E-state index in [1.54, 1.807) is 6.20 Å². The minimum atomic E-state index is 0.113. The van der Waals surface area contributed by atoms with Crippen LogP contribution in [-0.2, 0) is 12.8 Å². The Morgan fingerprint density at radius 2 is 1.86 bits per heavy atom. The summed E-state index contributed by atoms with van der Waals surface area (Å²) in [6.45, 7) is 5.96. The summed E-state index contributed by atoms with van der Waals surface area (Å²) in [7, 11) is 0. The third-order valence-electron chi connectivity index (χ3n) is 6.94. The zero-order valence-electron chi connectivity index (χ0n) is 17.3. The number of carbonyl (C=O) groups excluding carboxylic acids is 1. The van der Waals surface area contributed by atoms with Gasteiger partial charge in [-0.2, -0.15) is 0 Å². The topological polar surface area (TPSA) is 49.3 Å². The van der Waals surface area contributed by atoms with Crippen molar-refractivity contribution in [3.8, 4) is 0 Å². The van der Waals surface area contributed by atoms with Gasteiger partial charge in [-0.25, -0.2) is 4.98 Å². The summed E-state index contributed by atoms with van der Waals surface area (Å²) in [6.07, 6.45) is 10.2. The van der Waals surface area contributed by atoms with Gasteiger partial charge in [0.2, 0.25) is 0 Å². The van der Waals surface area contributed by atoms with Crippen molar-refractivity contribution in [1.82, 2.24) is 19.8 Å². The van der Waals surface area contributed by atoms with Gasteiger partial charge in [0.25, 0.3) is 5.91 Å². The molecule has 29 heavy (non-hydrogen) atoms. The number of carbonyl (C=O) groups is 1. The summed E-state index contributed by atoms with van der Waals surface area (Å²) >= 11 is 1.95. The van der Waals surface area contributed by atoms with Crippen LogP contribution in [0.2, 0.25) is 0 Å². The Balaban J connectivity index is 1.19. The summed E-state index contributed by atoms with van der Waals surface area (Å²) in [6, 6.07) is 4.64. The number of nitrogens with zero attached hydrogens (tertiary/aromatic N) is 4. The quantitative estimate of drug-likeness (QED) is 0.772. The van der Waals surface area contributed by atoms with Gasteiger partial charge in [-0.05, 0) is 51.2 Å². The maximum absolute atomic E-state index is 12.7. The summed E-state index contributed by atoms with van der Waals surface area (Å²) < 4.78 is 0. The van der Waals surface area contributed by atoms with Crippen molar-refractivity contribution in [3.63, 3.8) is 0 Å². The summed E-state index contributed by atoms with van der Waals surface area (Å²) in [5.41, 5.74) is 3.00. The normalized spacial score (nSPS) is 21.5. The lowest BCUT2D eigenvalue weighted by Gasteiger charge is -2.36. The molecule has 0 atom stereocenters. The van der Waals surface area contributed by atoms with Gasteiger partial charge < -0.3 is 4.90 Å². The molecule has 1 aliphatic carbocycles. The highest BCUT2D eigenvalue weighted by Crippen LogP contribution is 2.35. The van der Waals surface area contributed by atoms with Crippen LogP contribution in [0.25, 0.3) is 0 Å². The minimum Gasteiger partial charge on any atom is -0.339 e. The first-order chi connectivity index (χ1) is 14.2. The van der Waals surface area contributed by atoms with Gasteiger partial charge in [-0.1, -0.05) is 6.42 Å². The third kappa shape index (κ3) is 3.97. The Hall–Kier alpha value is -1.79. The second kappa shape index (κ2) is 8.15. The first-order valence-corrected chi connectivity index (χ1v) is 11.9. The molecule has 0 radical (unpaired) electrons. The average molecular weight is 411 g/mol. The van der Waals surface area contributed by atoms with Crippen LogP contribution in [0.5, 0.6) is 0 Å². The standard InChI is InChI=1S/C23H30N4OS/c1-16-5-6-18(15-24-16)23(28)27-11-7-17(8-12-27)22-25-20-9-13-26(19-3-2-4-19)14-10-21(20)29-22/h5-6,15,17,19H,2-4,7-14H2,1H3. The van der Waals surface area contributed by atoms with Gasteiger partial charge in [0.1, 0.15) is 0 Å². The van der Waals surface area contributed by atoms with Crippen molar-refractivity contribution >= 4 is 17.2 Å². The number of rotatable bonds is 3. The number of pyridine rings is 1. The first kappa shape index (κ1) is 19.2. The molecular formula is C23H30N4OS. The summed E-state index contributed by atoms with van der Waals surface area (Å²) in [4.78, 5) is 28.3. The van der Waals surface area contributed by atoms with Crippen LogP contribution in [0.3, 0.4) is 0 Å². The van der Waals surface area contributed by atoms with Crippen molar-refractivity contribution in [2.24, 2.45) is 0 Å². The number of thiazole rings is 1. The van der Waals surface area contributed by atoms with Crippen LogP contribution in [0.1, 0.15) is 69.7 Å². The van der Waals surface area contributed by atoms with Crippen LogP contribution >= 0.6 is 11.3 Å². The van der Waals surface area contributed by atoms with E-state index in [1.165, 1.54) is 54.4 Å². The predicted molar refractivity (Wildman–Crippen MR) is 116 cm³/mol. The third-order valence-corrected chi connectivity index (χ3v) is 8.26. The fourth-order valence-electron chi connectivity index (χ4n) is 4.80. The highest BCUT2D eigenvalue weighted by Gasteiger charge is 2.30. The molecule has 1 saturated carbocycles. The molecular weight excluding hydrogens is 380 g/mol. The highest BCUT2D eigenvalue weighted by molar-refractivity contribution is 7.11. The van der Waals surface area contributed by atoms with Gasteiger partial charge >= 0.3 is 0 Å². The van der Waals surface area contributed by atoms with E-state index < -0.39 is 0 Å². The van der Waals surface area contributed by atoms with E-state index >= 15 is 0 Å². The van der Waals surface area contributed by atoms with E-state index in [-0.39, 0.29) is 5.91 Å². The molecule has 5 nitrogen and oxygen atoms in total. The van der Waals surface area contributed by atoms with E-state index in [0.717, 1.165) is 44.1 Å². The lowest BCUT2D eigenvalue weighted by molar-refractivity contribution is 0.0712. The average Bonchev–Trinajstić information content (AvgIpc) is 3.02. The second-order valence-electron chi connectivity index (χ2n) is 8.80. The molecule has 2 aromatic rings. The lowest BCUT2D eigenvalue weighted by atomic mass is 9.91. The van der Waals surface area contributed by atoms with E-state index in [1.807, 2.05) is 35.3 Å². The molecule has 1 saturated heterocycles. The Morgan fingerprint density at radius 1 is 1.07 bits per heavy atom. The first-order valence-electron chi connectivity index (χ1n) is 11.1. The maximum atomic E-state index is 12.7. The van der Waals surface area contributed by atoms with Gasteiger partial charge in [0.15, 0.2) is 0 Å². The second-order valence-corrected chi connectivity index (χ2v) is 9.91. The molecule has 3 aliphatic rings. The number of aromatic nitrogens is 2. The van der Waals surface area contributed by atoms with Gasteiger partial charge in [-0.3, -0.25) is 14.7 Å². The molecule has 1 amide bonds. The fourth-order valence-corrected chi connectivity index (χ4v) is 6.07. The van der Waals surface area contributed by atoms with Crippen LogP contribution in [0.15, 0.2) is 18.3 Å². The number of fused-ring (bicyclic) bond motifs is 1. The Kier molecular flexibility index (Phi) is 5.39. The molecule has 0 N–H and O–H groups in total. The van der Waals surface area contributed by atoms with Crippen LogP contribution < -0.4 is 0 Å². The molecule has 5 rings (SSSR count). The van der Waals surface area contributed by atoms with Crippen molar-refractivity contribution in [1.29, 1.82) is 0 Å². The molecule has 0 aromatic carbocycles. The van der Waals surface area contributed by atoms with Crippen LogP contribution in [0, 0.1) is 6.92 Å². The Morgan fingerprint density at radius 3 is 2.55 bits per heavy atom. The van der Waals surface area contributed by atoms with Crippen LogP contribution in [-0.4, -0.2) is 57.9 Å². The van der Waals surface area contributed by atoms with Gasteiger partial charge in [-0.15, -0.1) is 11.3 Å². The lowest BCUT2D eigenvalue weighted by Crippen LogP contribution is -2.41. The number of amides is 1. The van der Waals surface area contributed by atoms with Crippen molar-refractivity contribution in [3.05, 3.63) is 45.2 Å². The maximum Gasteiger partial charge on any atom is 0.255 e. The summed E-state index contributed by atoms with van der Waals surface area (Å²) in [5.74, 6) is 0.622. The molecule has 6 heteroatoms. The molecule has 0 spiro atoms. The van der Waals surface area contributed by atoms with Crippen molar-refractivity contribution < 1.29 is 4.79 Å². The smallest absolute Gasteiger partial charge is 0.255 e. The van der Waals surface area contributed by atoms with Crippen LogP contribution in [0.4, 0.5) is 0 Å². The summed E-state index contributed by atoms with van der Waals surface area (Å²) in [5, 5.41) is 1.32. The van der Waals surface area contributed by atoms with E-state index in [2.05, 4.69) is 9.88 Å². The van der Waals surface area contributed by atoms with Gasteiger partial charge in [0.05, 0.1) is 16.3 Å². The molecule has 2 aliphatic heterocycles. The molecule has 0 unspecified atom stereocenters. The molecule has 154 valence electrons. The number of aryl methyl sites for hydroxylation is 1. The van der Waals surface area contributed by atoms with E-state index in [9.17, 15) is 4.79 Å². The highest BCUT2D eigenvalue weighted by atomic mass is 32.1. The number of likely N-dealkylation sites (tertiary alicyclic amines) is 1. The largest absolute Gasteiger partial charge is 0.339 e. The zero-order chi connectivity index (χ0) is 19.8. The zero-order valence-corrected chi connectivity index (χ0v) is 18.1. The number of hydrogen-bond donors (Lipinski definition) is 0. The number of hydrogen-bond acceptors (Lipinski definition) is 5. The van der Waals surface area contributed by atoms with Gasteiger partial charge in [0, 0.05) is 61.3 Å². The van der Waals surface area contributed by atoms with Crippen molar-refractivity contribution in [2.45, 2.75) is 63.8 Å². The Labute approximate surface area is 177 Å². The van der Waals surface area contributed by atoms with Crippen molar-refractivity contribution in [2.75, 3.05) is 26.2 Å². The molecule has 2 aromatic heterocycles. The Bertz CT molecular complexity index is 840.